The van der Waals surface area contributed by atoms with Gasteiger partial charge in [0.2, 0.25) is 15.9 Å². The highest BCUT2D eigenvalue weighted by Crippen LogP contribution is 2.40. The highest BCUT2D eigenvalue weighted by molar-refractivity contribution is 7.89. The van der Waals surface area contributed by atoms with E-state index in [1.54, 1.807) is 46.4 Å². The molecule has 9 heteroatoms. The smallest absolute Gasteiger partial charge is 0.243 e. The van der Waals surface area contributed by atoms with Crippen LogP contribution in [0.2, 0.25) is 0 Å². The Hall–Kier alpha value is -2.49. The number of hydrogen-bond acceptors (Lipinski definition) is 6. The second-order valence-electron chi connectivity index (χ2n) is 7.91. The third-order valence-corrected chi connectivity index (χ3v) is 8.89. The lowest BCUT2D eigenvalue weighted by molar-refractivity contribution is -0.126. The summed E-state index contributed by atoms with van der Waals surface area (Å²) in [7, 11) is -2.13. The second kappa shape index (κ2) is 7.89. The first-order valence-corrected chi connectivity index (χ1v) is 12.6. The van der Waals surface area contributed by atoms with Gasteiger partial charge in [0.25, 0.3) is 0 Å². The molecule has 2 unspecified atom stereocenters. The highest BCUT2D eigenvalue weighted by Gasteiger charge is 2.40. The van der Waals surface area contributed by atoms with Crippen molar-refractivity contribution in [2.75, 3.05) is 20.2 Å². The molecular formula is C22H23N3O4S2. The Morgan fingerprint density at radius 1 is 1.26 bits per heavy atom. The van der Waals surface area contributed by atoms with Crippen molar-refractivity contribution in [2.24, 2.45) is 5.92 Å². The Bertz CT molecular complexity index is 1250. The summed E-state index contributed by atoms with van der Waals surface area (Å²) in [4.78, 5) is 17.0. The van der Waals surface area contributed by atoms with Crippen molar-refractivity contribution < 1.29 is 17.9 Å². The number of nitrogens with one attached hydrogen (secondary N) is 1. The van der Waals surface area contributed by atoms with Crippen LogP contribution in [0.15, 0.2) is 46.8 Å². The van der Waals surface area contributed by atoms with Crippen LogP contribution in [0, 0.1) is 5.92 Å². The molecule has 3 heterocycles. The highest BCUT2D eigenvalue weighted by atomic mass is 32.2. The molecule has 2 aliphatic rings. The Labute approximate surface area is 185 Å². The fraction of sp³-hybridized carbons (Fsp3) is 0.364. The van der Waals surface area contributed by atoms with Gasteiger partial charge in [0.1, 0.15) is 5.75 Å². The lowest BCUT2D eigenvalue weighted by Gasteiger charge is -2.38. The molecule has 1 fully saturated rings. The second-order valence-corrected chi connectivity index (χ2v) is 10.7. The number of nitrogens with zero attached hydrogens (tertiary/aromatic N) is 2. The molecule has 1 N–H and O–H groups in total. The summed E-state index contributed by atoms with van der Waals surface area (Å²) in [6.45, 7) is 0.862. The van der Waals surface area contributed by atoms with Crippen LogP contribution in [0.1, 0.15) is 30.0 Å². The molecule has 1 aromatic heterocycles. The first-order valence-electron chi connectivity index (χ1n) is 10.3. The minimum Gasteiger partial charge on any atom is -0.493 e. The number of aromatic nitrogens is 1. The molecule has 2 aromatic carbocycles. The summed E-state index contributed by atoms with van der Waals surface area (Å²) in [5, 5.41) is 2.71. The Kier molecular flexibility index (Phi) is 5.19. The summed E-state index contributed by atoms with van der Waals surface area (Å²) in [5.41, 5.74) is 4.41. The molecule has 1 amide bonds. The maximum absolute atomic E-state index is 13.7. The van der Waals surface area contributed by atoms with Crippen molar-refractivity contribution in [3.63, 3.8) is 0 Å². The van der Waals surface area contributed by atoms with Crippen LogP contribution in [-0.2, 0) is 21.2 Å². The average Bonchev–Trinajstić information content (AvgIpc) is 3.46. The SMILES string of the molecule is CNC(=O)C1CCN(S(=O)(=O)c2ccc3c(c2)CCO3)C(c2ccc3scnc3c2)C1. The van der Waals surface area contributed by atoms with Crippen LogP contribution in [0.5, 0.6) is 5.75 Å². The fourth-order valence-corrected chi connectivity index (χ4v) is 6.87. The van der Waals surface area contributed by atoms with Crippen LogP contribution in [0.4, 0.5) is 0 Å². The third-order valence-electron chi connectivity index (χ3n) is 6.18. The van der Waals surface area contributed by atoms with Gasteiger partial charge in [-0.2, -0.15) is 4.31 Å². The molecule has 0 aliphatic carbocycles. The Morgan fingerprint density at radius 3 is 2.97 bits per heavy atom. The van der Waals surface area contributed by atoms with Gasteiger partial charge in [-0.25, -0.2) is 13.4 Å². The van der Waals surface area contributed by atoms with E-state index in [1.165, 1.54) is 0 Å². The minimum absolute atomic E-state index is 0.0496. The molecule has 5 rings (SSSR count). The quantitative estimate of drug-likeness (QED) is 0.650. The first-order chi connectivity index (χ1) is 15.0. The van der Waals surface area contributed by atoms with Crippen molar-refractivity contribution >= 4 is 37.5 Å². The van der Waals surface area contributed by atoms with Gasteiger partial charge in [-0.3, -0.25) is 4.79 Å². The minimum atomic E-state index is -3.75. The zero-order valence-electron chi connectivity index (χ0n) is 17.1. The van der Waals surface area contributed by atoms with Gasteiger partial charge in [-0.15, -0.1) is 11.3 Å². The molecule has 1 saturated heterocycles. The summed E-state index contributed by atoms with van der Waals surface area (Å²) in [6, 6.07) is 10.5. The van der Waals surface area contributed by atoms with Gasteiger partial charge in [-0.1, -0.05) is 6.07 Å². The lowest BCUT2D eigenvalue weighted by atomic mass is 9.88. The van der Waals surface area contributed by atoms with Gasteiger partial charge in [0, 0.05) is 25.9 Å². The molecule has 7 nitrogen and oxygen atoms in total. The number of amides is 1. The normalized spacial score (nSPS) is 21.6. The van der Waals surface area contributed by atoms with E-state index in [2.05, 4.69) is 10.3 Å². The zero-order chi connectivity index (χ0) is 21.6. The van der Waals surface area contributed by atoms with Crippen LogP contribution in [-0.4, -0.2) is 43.8 Å². The van der Waals surface area contributed by atoms with Gasteiger partial charge < -0.3 is 10.1 Å². The first kappa shape index (κ1) is 20.4. The van der Waals surface area contributed by atoms with Crippen LogP contribution in [0.25, 0.3) is 10.2 Å². The number of ether oxygens (including phenoxy) is 1. The number of carbonyl (C=O) groups excluding carboxylic acids is 1. The summed E-state index contributed by atoms with van der Waals surface area (Å²) < 4.78 is 35.5. The van der Waals surface area contributed by atoms with Gasteiger partial charge in [0.15, 0.2) is 0 Å². The van der Waals surface area contributed by atoms with E-state index in [9.17, 15) is 13.2 Å². The van der Waals surface area contributed by atoms with Crippen LogP contribution in [0.3, 0.4) is 0 Å². The van der Waals surface area contributed by atoms with E-state index < -0.39 is 16.1 Å². The zero-order valence-corrected chi connectivity index (χ0v) is 18.7. The number of sulfonamides is 1. The molecule has 0 bridgehead atoms. The number of rotatable bonds is 4. The topological polar surface area (TPSA) is 88.6 Å². The molecule has 2 aliphatic heterocycles. The summed E-state index contributed by atoms with van der Waals surface area (Å²) >= 11 is 1.55. The van der Waals surface area contributed by atoms with Crippen molar-refractivity contribution in [1.82, 2.24) is 14.6 Å². The Balaban J connectivity index is 1.55. The number of hydrogen-bond donors (Lipinski definition) is 1. The maximum atomic E-state index is 13.7. The number of thiazole rings is 1. The molecule has 2 atom stereocenters. The van der Waals surface area contributed by atoms with Crippen molar-refractivity contribution in [3.05, 3.63) is 53.0 Å². The fourth-order valence-electron chi connectivity index (χ4n) is 4.52. The molecular weight excluding hydrogens is 434 g/mol. The Morgan fingerprint density at radius 2 is 2.13 bits per heavy atom. The van der Waals surface area contributed by atoms with E-state index in [1.807, 2.05) is 18.2 Å². The number of fused-ring (bicyclic) bond motifs is 2. The molecule has 0 radical (unpaired) electrons. The summed E-state index contributed by atoms with van der Waals surface area (Å²) in [5.74, 6) is 0.468. The van der Waals surface area contributed by atoms with Crippen molar-refractivity contribution in [2.45, 2.75) is 30.2 Å². The third kappa shape index (κ3) is 3.60. The largest absolute Gasteiger partial charge is 0.493 e. The molecule has 0 saturated carbocycles. The van der Waals surface area contributed by atoms with E-state index in [0.29, 0.717) is 25.9 Å². The van der Waals surface area contributed by atoms with Crippen LogP contribution < -0.4 is 10.1 Å². The van der Waals surface area contributed by atoms with Crippen molar-refractivity contribution in [1.29, 1.82) is 0 Å². The lowest BCUT2D eigenvalue weighted by Crippen LogP contribution is -2.44. The van der Waals surface area contributed by atoms with Crippen LogP contribution >= 0.6 is 11.3 Å². The van der Waals surface area contributed by atoms with E-state index in [-0.39, 0.29) is 23.3 Å². The van der Waals surface area contributed by atoms with E-state index in [4.69, 9.17) is 4.74 Å². The molecule has 162 valence electrons. The number of carbonyl (C=O) groups is 1. The number of piperidine rings is 1. The van der Waals surface area contributed by atoms with Gasteiger partial charge in [-0.05, 0) is 54.3 Å². The maximum Gasteiger partial charge on any atom is 0.243 e. The number of benzene rings is 2. The predicted octanol–water partition coefficient (Wildman–Crippen LogP) is 3.12. The average molecular weight is 458 g/mol. The van der Waals surface area contributed by atoms with E-state index in [0.717, 1.165) is 27.1 Å². The standard InChI is InChI=1S/C22H23N3O4S2/c1-23-22(26)16-6-8-25(19(12-16)14-2-5-21-18(11-14)24-13-30-21)31(27,28)17-3-4-20-15(10-17)7-9-29-20/h2-5,10-11,13,16,19H,6-9,12H2,1H3,(H,23,26). The van der Waals surface area contributed by atoms with Gasteiger partial charge >= 0.3 is 0 Å². The molecule has 31 heavy (non-hydrogen) atoms. The van der Waals surface area contributed by atoms with Crippen molar-refractivity contribution in [3.8, 4) is 5.75 Å². The predicted molar refractivity (Wildman–Crippen MR) is 119 cm³/mol. The molecule has 3 aromatic rings. The van der Waals surface area contributed by atoms with Gasteiger partial charge in [0.05, 0.1) is 33.3 Å². The molecule has 0 spiro atoms. The van der Waals surface area contributed by atoms with E-state index >= 15 is 0 Å². The monoisotopic (exact) mass is 457 g/mol. The summed E-state index contributed by atoms with van der Waals surface area (Å²) in [6.07, 6.45) is 1.63.